The lowest BCUT2D eigenvalue weighted by molar-refractivity contribution is -0.120. The zero-order valence-electron chi connectivity index (χ0n) is 9.99. The second-order valence-electron chi connectivity index (χ2n) is 4.22. The Labute approximate surface area is 111 Å². The zero-order valence-corrected chi connectivity index (χ0v) is 10.7. The third-order valence-electron chi connectivity index (χ3n) is 2.96. The Morgan fingerprint density at radius 3 is 2.67 bits per heavy atom. The van der Waals surface area contributed by atoms with E-state index in [0.29, 0.717) is 37.5 Å². The minimum atomic E-state index is -0.0346. The van der Waals surface area contributed by atoms with Crippen LogP contribution in [0.2, 0.25) is 0 Å². The molecule has 1 fully saturated rings. The summed E-state index contributed by atoms with van der Waals surface area (Å²) in [4.78, 5) is 25.1. The van der Waals surface area contributed by atoms with Crippen LogP contribution in [0.3, 0.4) is 0 Å². The number of carbonyl (C=O) groups excluding carboxylic acids is 2. The molecular weight excluding hydrogens is 252 g/mol. The summed E-state index contributed by atoms with van der Waals surface area (Å²) in [6, 6.07) is 7.25. The first kappa shape index (κ1) is 12.9. The summed E-state index contributed by atoms with van der Waals surface area (Å²) >= 11 is 5.70. The molecule has 1 aromatic rings. The highest BCUT2D eigenvalue weighted by atomic mass is 35.5. The number of alkyl halides is 1. The fourth-order valence-corrected chi connectivity index (χ4v) is 2.07. The minimum Gasteiger partial charge on any atom is -0.354 e. The largest absolute Gasteiger partial charge is 0.354 e. The molecule has 1 aromatic carbocycles. The van der Waals surface area contributed by atoms with Gasteiger partial charge in [-0.2, -0.15) is 0 Å². The van der Waals surface area contributed by atoms with Crippen LogP contribution in [0.1, 0.15) is 22.3 Å². The van der Waals surface area contributed by atoms with Crippen molar-refractivity contribution in [2.75, 3.05) is 19.6 Å². The second kappa shape index (κ2) is 5.87. The molecule has 1 aliphatic rings. The average molecular weight is 267 g/mol. The van der Waals surface area contributed by atoms with E-state index in [2.05, 4.69) is 5.32 Å². The monoisotopic (exact) mass is 266 g/mol. The van der Waals surface area contributed by atoms with Gasteiger partial charge in [0.15, 0.2) is 0 Å². The summed E-state index contributed by atoms with van der Waals surface area (Å²) in [5.74, 6) is 0.409. The van der Waals surface area contributed by atoms with Crippen molar-refractivity contribution in [3.63, 3.8) is 0 Å². The van der Waals surface area contributed by atoms with Gasteiger partial charge in [0.2, 0.25) is 5.91 Å². The molecule has 2 amide bonds. The van der Waals surface area contributed by atoms with Crippen molar-refractivity contribution in [2.45, 2.75) is 12.3 Å². The number of benzene rings is 1. The van der Waals surface area contributed by atoms with Crippen molar-refractivity contribution < 1.29 is 9.59 Å². The van der Waals surface area contributed by atoms with Crippen LogP contribution in [-0.4, -0.2) is 36.3 Å². The van der Waals surface area contributed by atoms with E-state index in [9.17, 15) is 9.59 Å². The first-order valence-corrected chi connectivity index (χ1v) is 6.45. The molecule has 0 aromatic heterocycles. The van der Waals surface area contributed by atoms with Crippen LogP contribution in [0.4, 0.5) is 0 Å². The van der Waals surface area contributed by atoms with Gasteiger partial charge in [0.25, 0.3) is 5.91 Å². The number of hydrogen-bond acceptors (Lipinski definition) is 2. The highest BCUT2D eigenvalue weighted by Gasteiger charge is 2.19. The maximum absolute atomic E-state index is 12.2. The highest BCUT2D eigenvalue weighted by molar-refractivity contribution is 6.17. The molecule has 5 heteroatoms. The Morgan fingerprint density at radius 2 is 2.00 bits per heavy atom. The smallest absolute Gasteiger partial charge is 0.253 e. The summed E-state index contributed by atoms with van der Waals surface area (Å²) in [5.41, 5.74) is 1.62. The fraction of sp³-hybridized carbons (Fsp3) is 0.385. The SMILES string of the molecule is O=C1CCN(C(=O)c2ccc(CCl)cc2)CCN1. The number of halogens is 1. The second-order valence-corrected chi connectivity index (χ2v) is 4.49. The van der Waals surface area contributed by atoms with Crippen molar-refractivity contribution in [1.29, 1.82) is 0 Å². The summed E-state index contributed by atoms with van der Waals surface area (Å²) in [5, 5.41) is 2.75. The molecule has 18 heavy (non-hydrogen) atoms. The predicted molar refractivity (Wildman–Crippen MR) is 69.5 cm³/mol. The first-order valence-electron chi connectivity index (χ1n) is 5.91. The van der Waals surface area contributed by atoms with Crippen LogP contribution in [0.5, 0.6) is 0 Å². The number of nitrogens with zero attached hydrogens (tertiary/aromatic N) is 1. The molecule has 1 N–H and O–H groups in total. The van der Waals surface area contributed by atoms with Gasteiger partial charge in [-0.15, -0.1) is 11.6 Å². The maximum atomic E-state index is 12.2. The number of hydrogen-bond donors (Lipinski definition) is 1. The summed E-state index contributed by atoms with van der Waals surface area (Å²) < 4.78 is 0. The fourth-order valence-electron chi connectivity index (χ4n) is 1.89. The zero-order chi connectivity index (χ0) is 13.0. The molecule has 96 valence electrons. The Hall–Kier alpha value is -1.55. The Bertz CT molecular complexity index is 445. The van der Waals surface area contributed by atoms with E-state index in [1.807, 2.05) is 12.1 Å². The van der Waals surface area contributed by atoms with Gasteiger partial charge in [0, 0.05) is 37.5 Å². The van der Waals surface area contributed by atoms with E-state index in [-0.39, 0.29) is 11.8 Å². The van der Waals surface area contributed by atoms with E-state index >= 15 is 0 Å². The van der Waals surface area contributed by atoms with Crippen molar-refractivity contribution in [3.8, 4) is 0 Å². The van der Waals surface area contributed by atoms with Crippen molar-refractivity contribution in [3.05, 3.63) is 35.4 Å². The van der Waals surface area contributed by atoms with Gasteiger partial charge in [-0.1, -0.05) is 12.1 Å². The highest BCUT2D eigenvalue weighted by Crippen LogP contribution is 2.10. The molecular formula is C13H15ClN2O2. The number of nitrogens with one attached hydrogen (secondary N) is 1. The third-order valence-corrected chi connectivity index (χ3v) is 3.26. The Kier molecular flexibility index (Phi) is 4.20. The van der Waals surface area contributed by atoms with Crippen LogP contribution in [0.25, 0.3) is 0 Å². The number of carbonyl (C=O) groups is 2. The quantitative estimate of drug-likeness (QED) is 0.823. The molecule has 0 unspecified atom stereocenters. The molecule has 1 heterocycles. The van der Waals surface area contributed by atoms with Gasteiger partial charge in [0.05, 0.1) is 0 Å². The van der Waals surface area contributed by atoms with Crippen LogP contribution < -0.4 is 5.32 Å². The minimum absolute atomic E-state index is 0.00258. The normalized spacial score (nSPS) is 16.1. The molecule has 0 spiro atoms. The molecule has 1 aliphatic heterocycles. The first-order chi connectivity index (χ1) is 8.70. The van der Waals surface area contributed by atoms with Crippen LogP contribution in [-0.2, 0) is 10.7 Å². The van der Waals surface area contributed by atoms with Gasteiger partial charge >= 0.3 is 0 Å². The maximum Gasteiger partial charge on any atom is 0.253 e. The Balaban J connectivity index is 2.07. The standard InChI is InChI=1S/C13H15ClN2O2/c14-9-10-1-3-11(4-2-10)13(18)16-7-5-12(17)15-6-8-16/h1-4H,5-9H2,(H,15,17). The van der Waals surface area contributed by atoms with Gasteiger partial charge in [0.1, 0.15) is 0 Å². The molecule has 4 nitrogen and oxygen atoms in total. The van der Waals surface area contributed by atoms with Gasteiger partial charge < -0.3 is 10.2 Å². The topological polar surface area (TPSA) is 49.4 Å². The van der Waals surface area contributed by atoms with Crippen molar-refractivity contribution in [2.24, 2.45) is 0 Å². The summed E-state index contributed by atoms with van der Waals surface area (Å²) in [6.45, 7) is 1.55. The van der Waals surface area contributed by atoms with E-state index in [1.54, 1.807) is 17.0 Å². The van der Waals surface area contributed by atoms with Crippen molar-refractivity contribution in [1.82, 2.24) is 10.2 Å². The van der Waals surface area contributed by atoms with E-state index in [0.717, 1.165) is 5.56 Å². The van der Waals surface area contributed by atoms with E-state index in [1.165, 1.54) is 0 Å². The van der Waals surface area contributed by atoms with Crippen molar-refractivity contribution >= 4 is 23.4 Å². The summed E-state index contributed by atoms with van der Waals surface area (Å²) in [6.07, 6.45) is 0.367. The molecule has 0 aliphatic carbocycles. The van der Waals surface area contributed by atoms with E-state index in [4.69, 9.17) is 11.6 Å². The van der Waals surface area contributed by atoms with Gasteiger partial charge in [-0.25, -0.2) is 0 Å². The average Bonchev–Trinajstić information content (AvgIpc) is 2.63. The summed E-state index contributed by atoms with van der Waals surface area (Å²) in [7, 11) is 0. The molecule has 0 saturated carbocycles. The molecule has 0 atom stereocenters. The molecule has 0 radical (unpaired) electrons. The van der Waals surface area contributed by atoms with Crippen LogP contribution in [0.15, 0.2) is 24.3 Å². The van der Waals surface area contributed by atoms with Crippen LogP contribution in [0, 0.1) is 0 Å². The molecule has 0 bridgehead atoms. The molecule has 2 rings (SSSR count). The van der Waals surface area contributed by atoms with Gasteiger partial charge in [-0.3, -0.25) is 9.59 Å². The van der Waals surface area contributed by atoms with Crippen LogP contribution >= 0.6 is 11.6 Å². The van der Waals surface area contributed by atoms with E-state index < -0.39 is 0 Å². The lowest BCUT2D eigenvalue weighted by atomic mass is 10.1. The van der Waals surface area contributed by atoms with Gasteiger partial charge in [-0.05, 0) is 17.7 Å². The predicted octanol–water partition coefficient (Wildman–Crippen LogP) is 1.39. The molecule has 1 saturated heterocycles. The lowest BCUT2D eigenvalue weighted by Crippen LogP contribution is -2.34. The number of rotatable bonds is 2. The number of amides is 2. The third kappa shape index (κ3) is 3.01. The lowest BCUT2D eigenvalue weighted by Gasteiger charge is -2.19. The Morgan fingerprint density at radius 1 is 1.28 bits per heavy atom.